The van der Waals surface area contributed by atoms with Gasteiger partial charge in [0.15, 0.2) is 5.15 Å². The number of hydrogen-bond acceptors (Lipinski definition) is 3. The van der Waals surface area contributed by atoms with Crippen molar-refractivity contribution in [3.63, 3.8) is 0 Å². The minimum atomic E-state index is 0.375. The summed E-state index contributed by atoms with van der Waals surface area (Å²) in [5.74, 6) is 0.919. The Morgan fingerprint density at radius 1 is 1.11 bits per heavy atom. The maximum atomic E-state index is 6.05. The Kier molecular flexibility index (Phi) is 4.10. The zero-order chi connectivity index (χ0) is 13.3. The first-order valence-corrected chi connectivity index (χ1v) is 6.66. The van der Waals surface area contributed by atoms with E-state index in [1.165, 1.54) is 0 Å². The highest BCUT2D eigenvalue weighted by molar-refractivity contribution is 9.10. The van der Waals surface area contributed by atoms with Crippen molar-refractivity contribution in [3.8, 4) is 11.6 Å². The van der Waals surface area contributed by atoms with Gasteiger partial charge in [0.1, 0.15) is 5.75 Å². The average molecular weight is 348 g/mol. The van der Waals surface area contributed by atoms with Gasteiger partial charge in [-0.05, 0) is 37.6 Å². The zero-order valence-corrected chi connectivity index (χ0v) is 12.8. The van der Waals surface area contributed by atoms with E-state index in [2.05, 4.69) is 26.1 Å². The lowest BCUT2D eigenvalue weighted by molar-refractivity contribution is 0.450. The molecule has 1 heterocycles. The summed E-state index contributed by atoms with van der Waals surface area (Å²) in [6.07, 6.45) is 0. The molecule has 0 spiro atoms. The van der Waals surface area contributed by atoms with Crippen molar-refractivity contribution in [2.24, 2.45) is 0 Å². The molecule has 0 amide bonds. The van der Waals surface area contributed by atoms with E-state index >= 15 is 0 Å². The highest BCUT2D eigenvalue weighted by Gasteiger charge is 2.12. The maximum Gasteiger partial charge on any atom is 0.242 e. The van der Waals surface area contributed by atoms with Gasteiger partial charge in [-0.15, -0.1) is 10.2 Å². The predicted molar refractivity (Wildman–Crippen MR) is 75.7 cm³/mol. The Morgan fingerprint density at radius 2 is 1.83 bits per heavy atom. The van der Waals surface area contributed by atoms with E-state index in [0.717, 1.165) is 15.6 Å². The number of nitrogens with zero attached hydrogens (tertiary/aromatic N) is 2. The van der Waals surface area contributed by atoms with Crippen LogP contribution in [0.3, 0.4) is 0 Å². The third-order valence-corrected chi connectivity index (χ3v) is 3.69. The highest BCUT2D eigenvalue weighted by Crippen LogP contribution is 2.33. The molecule has 1 aromatic heterocycles. The molecule has 94 valence electrons. The largest absolute Gasteiger partial charge is 0.436 e. The molecule has 1 aromatic carbocycles. The Bertz CT molecular complexity index is 605. The normalized spacial score (nSPS) is 10.5. The van der Waals surface area contributed by atoms with Crippen LogP contribution in [-0.2, 0) is 0 Å². The highest BCUT2D eigenvalue weighted by atomic mass is 79.9. The van der Waals surface area contributed by atoms with Gasteiger partial charge in [0.25, 0.3) is 0 Å². The first-order valence-electron chi connectivity index (χ1n) is 5.11. The number of halogens is 3. The Balaban J connectivity index is 2.40. The van der Waals surface area contributed by atoms with Gasteiger partial charge in [0, 0.05) is 10.0 Å². The van der Waals surface area contributed by atoms with Crippen molar-refractivity contribution >= 4 is 39.1 Å². The summed E-state index contributed by atoms with van der Waals surface area (Å²) in [7, 11) is 0. The van der Waals surface area contributed by atoms with Gasteiger partial charge in [-0.1, -0.05) is 39.1 Å². The molecule has 0 saturated carbocycles. The molecule has 0 N–H and O–H groups in total. The lowest BCUT2D eigenvalue weighted by Crippen LogP contribution is -1.98. The van der Waals surface area contributed by atoms with E-state index in [1.807, 2.05) is 19.9 Å². The standard InChI is InChI=1S/C12H9BrCl2N2O/c1-6-7(2)12(17-16-11(6)15)18-10-5-8(13)3-4-9(10)14/h3-5H,1-2H3. The van der Waals surface area contributed by atoms with Crippen molar-refractivity contribution in [3.05, 3.63) is 44.0 Å². The SMILES string of the molecule is Cc1c(Cl)nnc(Oc2cc(Br)ccc2Cl)c1C. The van der Waals surface area contributed by atoms with E-state index in [0.29, 0.717) is 21.8 Å². The second-order valence-corrected chi connectivity index (χ2v) is 5.40. The smallest absolute Gasteiger partial charge is 0.242 e. The quantitative estimate of drug-likeness (QED) is 0.770. The summed E-state index contributed by atoms with van der Waals surface area (Å²) in [4.78, 5) is 0. The van der Waals surface area contributed by atoms with Crippen LogP contribution in [0.5, 0.6) is 11.6 Å². The zero-order valence-electron chi connectivity index (χ0n) is 9.67. The molecule has 0 aliphatic carbocycles. The van der Waals surface area contributed by atoms with Gasteiger partial charge in [0.05, 0.1) is 5.02 Å². The van der Waals surface area contributed by atoms with Gasteiger partial charge in [0.2, 0.25) is 5.88 Å². The van der Waals surface area contributed by atoms with Gasteiger partial charge < -0.3 is 4.74 Å². The van der Waals surface area contributed by atoms with Crippen molar-refractivity contribution in [2.45, 2.75) is 13.8 Å². The second-order valence-electron chi connectivity index (χ2n) is 3.72. The summed E-state index contributed by atoms with van der Waals surface area (Å²) in [5.41, 5.74) is 1.68. The number of hydrogen-bond donors (Lipinski definition) is 0. The van der Waals surface area contributed by atoms with Crippen molar-refractivity contribution < 1.29 is 4.74 Å². The second kappa shape index (κ2) is 5.43. The summed E-state index contributed by atoms with van der Waals surface area (Å²) in [6.45, 7) is 3.73. The third-order valence-electron chi connectivity index (χ3n) is 2.52. The lowest BCUT2D eigenvalue weighted by Gasteiger charge is -2.10. The molecule has 0 aliphatic rings. The van der Waals surface area contributed by atoms with Crippen molar-refractivity contribution in [1.29, 1.82) is 0 Å². The van der Waals surface area contributed by atoms with E-state index in [4.69, 9.17) is 27.9 Å². The number of aromatic nitrogens is 2. The van der Waals surface area contributed by atoms with E-state index < -0.39 is 0 Å². The molecular formula is C12H9BrCl2N2O. The minimum absolute atomic E-state index is 0.375. The molecular weight excluding hydrogens is 339 g/mol. The molecule has 18 heavy (non-hydrogen) atoms. The van der Waals surface area contributed by atoms with E-state index in [-0.39, 0.29) is 0 Å². The van der Waals surface area contributed by atoms with Crippen molar-refractivity contribution in [1.82, 2.24) is 10.2 Å². The Hall–Kier alpha value is -0.840. The van der Waals surface area contributed by atoms with Gasteiger partial charge in [-0.3, -0.25) is 0 Å². The molecule has 0 aliphatic heterocycles. The topological polar surface area (TPSA) is 35.0 Å². The molecule has 0 radical (unpaired) electrons. The van der Waals surface area contributed by atoms with Crippen LogP contribution in [0, 0.1) is 13.8 Å². The molecule has 0 saturated heterocycles. The summed E-state index contributed by atoms with van der Waals surface area (Å²) in [5, 5.41) is 8.63. The van der Waals surface area contributed by atoms with E-state index in [1.54, 1.807) is 12.1 Å². The summed E-state index contributed by atoms with van der Waals surface area (Å²) < 4.78 is 6.54. The van der Waals surface area contributed by atoms with Gasteiger partial charge >= 0.3 is 0 Å². The van der Waals surface area contributed by atoms with Crippen LogP contribution in [0.15, 0.2) is 22.7 Å². The van der Waals surface area contributed by atoms with E-state index in [9.17, 15) is 0 Å². The molecule has 2 aromatic rings. The Morgan fingerprint density at radius 3 is 2.56 bits per heavy atom. The van der Waals surface area contributed by atoms with Crippen molar-refractivity contribution in [2.75, 3.05) is 0 Å². The van der Waals surface area contributed by atoms with Crippen LogP contribution in [-0.4, -0.2) is 10.2 Å². The summed E-state index contributed by atoms with van der Waals surface area (Å²) in [6, 6.07) is 5.35. The number of benzene rings is 1. The predicted octanol–water partition coefficient (Wildman–Crippen LogP) is 4.96. The summed E-state index contributed by atoms with van der Waals surface area (Å²) >= 11 is 15.3. The van der Waals surface area contributed by atoms with Gasteiger partial charge in [-0.25, -0.2) is 0 Å². The fourth-order valence-electron chi connectivity index (χ4n) is 1.31. The molecule has 0 fully saturated rings. The minimum Gasteiger partial charge on any atom is -0.436 e. The van der Waals surface area contributed by atoms with Crippen LogP contribution < -0.4 is 4.74 Å². The van der Waals surface area contributed by atoms with Crippen LogP contribution in [0.2, 0.25) is 10.2 Å². The fraction of sp³-hybridized carbons (Fsp3) is 0.167. The van der Waals surface area contributed by atoms with Crippen LogP contribution in [0.25, 0.3) is 0 Å². The molecule has 0 bridgehead atoms. The first-order chi connectivity index (χ1) is 8.49. The number of rotatable bonds is 2. The number of ether oxygens (including phenoxy) is 1. The lowest BCUT2D eigenvalue weighted by atomic mass is 10.2. The first kappa shape index (κ1) is 13.6. The fourth-order valence-corrected chi connectivity index (χ4v) is 1.99. The molecule has 2 rings (SSSR count). The molecule has 3 nitrogen and oxygen atoms in total. The Labute approximate surface area is 123 Å². The molecule has 6 heteroatoms. The van der Waals surface area contributed by atoms with Gasteiger partial charge in [-0.2, -0.15) is 0 Å². The van der Waals surface area contributed by atoms with Crippen LogP contribution in [0.4, 0.5) is 0 Å². The molecule has 0 atom stereocenters. The average Bonchev–Trinajstić information content (AvgIpc) is 2.34. The van der Waals surface area contributed by atoms with Crippen LogP contribution >= 0.6 is 39.1 Å². The van der Waals surface area contributed by atoms with Crippen LogP contribution in [0.1, 0.15) is 11.1 Å². The molecule has 0 unspecified atom stereocenters. The maximum absolute atomic E-state index is 6.05. The third kappa shape index (κ3) is 2.76. The monoisotopic (exact) mass is 346 g/mol.